The molecule has 1 heterocycles. The molecule has 0 N–H and O–H groups in total. The maximum atomic E-state index is 5.89. The van der Waals surface area contributed by atoms with E-state index in [9.17, 15) is 0 Å². The zero-order valence-electron chi connectivity index (χ0n) is 8.00. The summed E-state index contributed by atoms with van der Waals surface area (Å²) >= 11 is 9.28. The summed E-state index contributed by atoms with van der Waals surface area (Å²) in [6.45, 7) is 0. The van der Waals surface area contributed by atoms with Crippen molar-refractivity contribution in [3.05, 3.63) is 22.3 Å². The van der Waals surface area contributed by atoms with Gasteiger partial charge in [0.05, 0.1) is 5.88 Å². The fraction of sp³-hybridized carbons (Fsp3) is 0.500. The predicted molar refractivity (Wildman–Crippen MR) is 62.9 cm³/mol. The molecule has 0 spiro atoms. The molecule has 14 heavy (non-hydrogen) atoms. The summed E-state index contributed by atoms with van der Waals surface area (Å²) < 4.78 is 0.987. The smallest absolute Gasteiger partial charge is 0.133 e. The minimum atomic E-state index is 0.513. The number of pyridine rings is 1. The van der Waals surface area contributed by atoms with Crippen molar-refractivity contribution in [1.82, 2.24) is 4.98 Å². The quantitative estimate of drug-likeness (QED) is 0.788. The van der Waals surface area contributed by atoms with Crippen molar-refractivity contribution >= 4 is 33.3 Å². The van der Waals surface area contributed by atoms with E-state index in [4.69, 9.17) is 11.6 Å². The van der Waals surface area contributed by atoms with Crippen LogP contribution in [-0.4, -0.2) is 18.1 Å². The SMILES string of the molecule is CN(c1ncc(Br)cc1CCl)C1CC1. The molecule has 0 saturated heterocycles. The molecule has 0 atom stereocenters. The second-order valence-corrected chi connectivity index (χ2v) is 4.79. The Morgan fingerprint density at radius 3 is 2.93 bits per heavy atom. The Bertz CT molecular complexity index is 339. The summed E-state index contributed by atoms with van der Waals surface area (Å²) in [6, 6.07) is 2.71. The Balaban J connectivity index is 2.30. The minimum Gasteiger partial charge on any atom is -0.356 e. The standard InChI is InChI=1S/C10H12BrClN2/c1-14(9-2-3-9)10-7(5-12)4-8(11)6-13-10/h4,6,9H,2-3,5H2,1H3. The molecule has 0 bridgehead atoms. The normalized spacial score (nSPS) is 15.6. The summed E-state index contributed by atoms with van der Waals surface area (Å²) in [4.78, 5) is 6.63. The van der Waals surface area contributed by atoms with Crippen LogP contribution in [0.2, 0.25) is 0 Å². The molecule has 2 nitrogen and oxygen atoms in total. The predicted octanol–water partition coefficient (Wildman–Crippen LogP) is 3.18. The van der Waals surface area contributed by atoms with Crippen molar-refractivity contribution in [3.8, 4) is 0 Å². The first kappa shape index (κ1) is 10.2. The van der Waals surface area contributed by atoms with Crippen LogP contribution in [0.4, 0.5) is 5.82 Å². The molecule has 4 heteroatoms. The second-order valence-electron chi connectivity index (χ2n) is 3.61. The van der Waals surface area contributed by atoms with Gasteiger partial charge in [0.25, 0.3) is 0 Å². The summed E-state index contributed by atoms with van der Waals surface area (Å²) in [7, 11) is 2.09. The molecule has 76 valence electrons. The van der Waals surface area contributed by atoms with Gasteiger partial charge in [0.2, 0.25) is 0 Å². The molecule has 1 aliphatic rings. The van der Waals surface area contributed by atoms with Gasteiger partial charge in [-0.05, 0) is 34.8 Å². The molecule has 1 saturated carbocycles. The Morgan fingerprint density at radius 1 is 1.64 bits per heavy atom. The van der Waals surface area contributed by atoms with Crippen LogP contribution in [0.15, 0.2) is 16.7 Å². The van der Waals surface area contributed by atoms with Crippen LogP contribution in [0.5, 0.6) is 0 Å². The van der Waals surface area contributed by atoms with Crippen LogP contribution in [-0.2, 0) is 5.88 Å². The van der Waals surface area contributed by atoms with E-state index in [2.05, 4.69) is 32.9 Å². The van der Waals surface area contributed by atoms with Gasteiger partial charge in [0, 0.05) is 29.3 Å². The highest BCUT2D eigenvalue weighted by molar-refractivity contribution is 9.10. The first-order valence-corrected chi connectivity index (χ1v) is 5.98. The lowest BCUT2D eigenvalue weighted by Crippen LogP contribution is -2.21. The van der Waals surface area contributed by atoms with Crippen molar-refractivity contribution in [2.75, 3.05) is 11.9 Å². The minimum absolute atomic E-state index is 0.513. The summed E-state index contributed by atoms with van der Waals surface area (Å²) in [5.74, 6) is 1.53. The van der Waals surface area contributed by atoms with E-state index < -0.39 is 0 Å². The second kappa shape index (κ2) is 4.07. The molecular weight excluding hydrogens is 263 g/mol. The van der Waals surface area contributed by atoms with Crippen LogP contribution in [0, 0.1) is 0 Å². The molecule has 2 rings (SSSR count). The van der Waals surface area contributed by atoms with Crippen LogP contribution in [0.1, 0.15) is 18.4 Å². The summed E-state index contributed by atoms with van der Waals surface area (Å²) in [5, 5.41) is 0. The van der Waals surface area contributed by atoms with E-state index in [1.54, 1.807) is 0 Å². The van der Waals surface area contributed by atoms with Crippen LogP contribution in [0.3, 0.4) is 0 Å². The molecule has 0 radical (unpaired) electrons. The largest absolute Gasteiger partial charge is 0.356 e. The first-order chi connectivity index (χ1) is 6.72. The van der Waals surface area contributed by atoms with Crippen molar-refractivity contribution in [1.29, 1.82) is 0 Å². The van der Waals surface area contributed by atoms with Crippen molar-refractivity contribution in [2.45, 2.75) is 24.8 Å². The van der Waals surface area contributed by atoms with Crippen molar-refractivity contribution in [2.24, 2.45) is 0 Å². The van der Waals surface area contributed by atoms with E-state index in [0.717, 1.165) is 15.9 Å². The van der Waals surface area contributed by atoms with Crippen LogP contribution in [0.25, 0.3) is 0 Å². The number of rotatable bonds is 3. The van der Waals surface area contributed by atoms with Crippen molar-refractivity contribution in [3.63, 3.8) is 0 Å². The molecule has 0 aromatic carbocycles. The molecule has 1 fully saturated rings. The lowest BCUT2D eigenvalue weighted by molar-refractivity contribution is 0.882. The highest BCUT2D eigenvalue weighted by Crippen LogP contribution is 2.32. The molecule has 0 aliphatic heterocycles. The Labute approximate surface area is 97.4 Å². The lowest BCUT2D eigenvalue weighted by atomic mass is 10.2. The Kier molecular flexibility index (Phi) is 2.98. The lowest BCUT2D eigenvalue weighted by Gasteiger charge is -2.19. The Hall–Kier alpha value is -0.280. The number of anilines is 1. The van der Waals surface area contributed by atoms with Crippen LogP contribution < -0.4 is 4.90 Å². The highest BCUT2D eigenvalue weighted by Gasteiger charge is 2.28. The summed E-state index contributed by atoms with van der Waals surface area (Å²) in [6.07, 6.45) is 4.37. The van der Waals surface area contributed by atoms with Gasteiger partial charge in [0.15, 0.2) is 0 Å². The van der Waals surface area contributed by atoms with E-state index >= 15 is 0 Å². The topological polar surface area (TPSA) is 16.1 Å². The Morgan fingerprint density at radius 2 is 2.36 bits per heavy atom. The fourth-order valence-corrected chi connectivity index (χ4v) is 2.10. The van der Waals surface area contributed by atoms with Gasteiger partial charge in [-0.3, -0.25) is 0 Å². The van der Waals surface area contributed by atoms with Crippen molar-refractivity contribution < 1.29 is 0 Å². The van der Waals surface area contributed by atoms with E-state index in [0.29, 0.717) is 11.9 Å². The zero-order chi connectivity index (χ0) is 10.1. The number of halogens is 2. The maximum absolute atomic E-state index is 5.89. The number of alkyl halides is 1. The van der Waals surface area contributed by atoms with Gasteiger partial charge in [0.1, 0.15) is 5.82 Å². The average molecular weight is 276 g/mol. The zero-order valence-corrected chi connectivity index (χ0v) is 10.3. The molecule has 1 aliphatic carbocycles. The van der Waals surface area contributed by atoms with E-state index in [1.807, 2.05) is 12.3 Å². The first-order valence-electron chi connectivity index (χ1n) is 4.65. The van der Waals surface area contributed by atoms with Gasteiger partial charge in [-0.1, -0.05) is 0 Å². The number of hydrogen-bond acceptors (Lipinski definition) is 2. The van der Waals surface area contributed by atoms with E-state index in [1.165, 1.54) is 12.8 Å². The molecule has 0 amide bonds. The third-order valence-corrected chi connectivity index (χ3v) is 3.20. The monoisotopic (exact) mass is 274 g/mol. The number of hydrogen-bond donors (Lipinski definition) is 0. The maximum Gasteiger partial charge on any atom is 0.133 e. The van der Waals surface area contributed by atoms with Gasteiger partial charge < -0.3 is 4.90 Å². The average Bonchev–Trinajstić information content (AvgIpc) is 3.00. The van der Waals surface area contributed by atoms with Gasteiger partial charge in [-0.2, -0.15) is 0 Å². The highest BCUT2D eigenvalue weighted by atomic mass is 79.9. The number of aromatic nitrogens is 1. The molecule has 1 aromatic rings. The molecule has 1 aromatic heterocycles. The van der Waals surface area contributed by atoms with Gasteiger partial charge in [-0.15, -0.1) is 11.6 Å². The molecule has 0 unspecified atom stereocenters. The summed E-state index contributed by atoms with van der Waals surface area (Å²) in [5.41, 5.74) is 1.09. The van der Waals surface area contributed by atoms with Gasteiger partial charge in [-0.25, -0.2) is 4.98 Å². The number of nitrogens with zero attached hydrogens (tertiary/aromatic N) is 2. The van der Waals surface area contributed by atoms with Crippen LogP contribution >= 0.6 is 27.5 Å². The van der Waals surface area contributed by atoms with E-state index in [-0.39, 0.29) is 0 Å². The van der Waals surface area contributed by atoms with Gasteiger partial charge >= 0.3 is 0 Å². The third-order valence-electron chi connectivity index (χ3n) is 2.48. The molecular formula is C10H12BrClN2. The fourth-order valence-electron chi connectivity index (χ4n) is 1.52. The third kappa shape index (κ3) is 2.04.